The first-order valence-corrected chi connectivity index (χ1v) is 8.35. The molecule has 1 fully saturated rings. The van der Waals surface area contributed by atoms with Crippen molar-refractivity contribution in [3.05, 3.63) is 19.2 Å². The van der Waals surface area contributed by atoms with E-state index in [0.29, 0.717) is 11.8 Å². The molecule has 2 nitrogen and oxygen atoms in total. The molecular weight excluding hydrogens is 389 g/mol. The molecule has 6 heteroatoms. The summed E-state index contributed by atoms with van der Waals surface area (Å²) in [6.45, 7) is 1.69. The number of carbonyl (C=O) groups is 1. The number of rotatable bonds is 3. The number of amides is 1. The molecule has 1 aromatic rings. The van der Waals surface area contributed by atoms with Gasteiger partial charge in [0.25, 0.3) is 5.91 Å². The first kappa shape index (κ1) is 13.8. The lowest BCUT2D eigenvalue weighted by molar-refractivity contribution is 0.0786. The summed E-state index contributed by atoms with van der Waals surface area (Å²) in [5.74, 6) is 1.37. The van der Waals surface area contributed by atoms with E-state index in [2.05, 4.69) is 31.9 Å². The van der Waals surface area contributed by atoms with Crippen molar-refractivity contribution in [1.82, 2.24) is 4.90 Å². The van der Waals surface area contributed by atoms with Crippen LogP contribution in [0.1, 0.15) is 23.2 Å². The second-order valence-corrected chi connectivity index (χ2v) is 8.25. The highest BCUT2D eigenvalue weighted by Crippen LogP contribution is 2.33. The molecule has 1 atom stereocenters. The summed E-state index contributed by atoms with van der Waals surface area (Å²) in [6.07, 6.45) is 2.07. The third-order valence-corrected chi connectivity index (χ3v) is 5.54. The molecule has 0 aromatic carbocycles. The van der Waals surface area contributed by atoms with Crippen LogP contribution >= 0.6 is 54.8 Å². The van der Waals surface area contributed by atoms with Gasteiger partial charge in [-0.05, 0) is 56.7 Å². The normalized spacial score (nSPS) is 19.9. The van der Waals surface area contributed by atoms with Gasteiger partial charge in [0.05, 0.1) is 13.1 Å². The van der Waals surface area contributed by atoms with Gasteiger partial charge in [0.2, 0.25) is 0 Å². The molecule has 0 bridgehead atoms. The number of hydrogen-bond acceptors (Lipinski definition) is 2. The van der Waals surface area contributed by atoms with Gasteiger partial charge in [0, 0.05) is 19.0 Å². The lowest BCUT2D eigenvalue weighted by Gasteiger charge is -2.15. The van der Waals surface area contributed by atoms with E-state index < -0.39 is 0 Å². The second kappa shape index (κ2) is 6.04. The molecule has 0 radical (unpaired) electrons. The van der Waals surface area contributed by atoms with E-state index in [-0.39, 0.29) is 5.91 Å². The topological polar surface area (TPSA) is 20.3 Å². The lowest BCUT2D eigenvalue weighted by Crippen LogP contribution is -2.28. The van der Waals surface area contributed by atoms with Gasteiger partial charge >= 0.3 is 0 Å². The van der Waals surface area contributed by atoms with Crippen molar-refractivity contribution in [2.45, 2.75) is 12.8 Å². The fourth-order valence-electron chi connectivity index (χ4n) is 2.06. The Balaban J connectivity index is 2.04. The molecule has 17 heavy (non-hydrogen) atoms. The van der Waals surface area contributed by atoms with Crippen LogP contribution in [0.3, 0.4) is 0 Å². The Morgan fingerprint density at radius 1 is 1.59 bits per heavy atom. The summed E-state index contributed by atoms with van der Waals surface area (Å²) in [7, 11) is 0. The Kier molecular flexibility index (Phi) is 4.92. The van der Waals surface area contributed by atoms with E-state index in [1.54, 1.807) is 0 Å². The third-order valence-electron chi connectivity index (χ3n) is 2.98. The highest BCUT2D eigenvalue weighted by molar-refractivity contribution is 9.12. The van der Waals surface area contributed by atoms with Crippen LogP contribution < -0.4 is 0 Å². The van der Waals surface area contributed by atoms with Crippen molar-refractivity contribution in [2.24, 2.45) is 5.92 Å². The first-order valence-electron chi connectivity index (χ1n) is 5.42. The number of halogens is 3. The SMILES string of the molecule is O=C(c1cc(Br)sc1Br)N1CCC(CCCl)C1. The van der Waals surface area contributed by atoms with Crippen LogP contribution in [-0.4, -0.2) is 29.8 Å². The van der Waals surface area contributed by atoms with Crippen LogP contribution in [0.5, 0.6) is 0 Å². The zero-order valence-corrected chi connectivity index (χ0v) is 13.8. The van der Waals surface area contributed by atoms with Crippen molar-refractivity contribution in [2.75, 3.05) is 19.0 Å². The maximum absolute atomic E-state index is 12.3. The number of carbonyl (C=O) groups excluding carboxylic acids is 1. The molecular formula is C11H12Br2ClNOS. The van der Waals surface area contributed by atoms with Crippen LogP contribution in [0.25, 0.3) is 0 Å². The number of alkyl halides is 1. The van der Waals surface area contributed by atoms with Crippen molar-refractivity contribution in [3.63, 3.8) is 0 Å². The Morgan fingerprint density at radius 3 is 2.94 bits per heavy atom. The molecule has 1 aliphatic rings. The summed E-state index contributed by atoms with van der Waals surface area (Å²) in [6, 6.07) is 1.88. The minimum absolute atomic E-state index is 0.121. The molecule has 1 saturated heterocycles. The standard InChI is InChI=1S/C11H12Br2ClNOS/c12-9-5-8(10(13)17-9)11(16)15-4-2-7(6-15)1-3-14/h5,7H,1-4,6H2. The average Bonchev–Trinajstić information content (AvgIpc) is 2.85. The Hall–Kier alpha value is 0.420. The molecule has 1 amide bonds. The Morgan fingerprint density at radius 2 is 2.35 bits per heavy atom. The summed E-state index contributed by atoms with van der Waals surface area (Å²) in [5, 5.41) is 0. The van der Waals surface area contributed by atoms with E-state index in [0.717, 1.165) is 39.1 Å². The number of hydrogen-bond donors (Lipinski definition) is 0. The van der Waals surface area contributed by atoms with Gasteiger partial charge in [0.15, 0.2) is 0 Å². The number of likely N-dealkylation sites (tertiary alicyclic amines) is 1. The van der Waals surface area contributed by atoms with Crippen molar-refractivity contribution >= 4 is 60.7 Å². The van der Waals surface area contributed by atoms with Crippen LogP contribution in [-0.2, 0) is 0 Å². The molecule has 0 saturated carbocycles. The molecule has 2 rings (SSSR count). The predicted octanol–water partition coefficient (Wildman–Crippen LogP) is 4.36. The first-order chi connectivity index (χ1) is 8.11. The van der Waals surface area contributed by atoms with Gasteiger partial charge in [-0.15, -0.1) is 22.9 Å². The largest absolute Gasteiger partial charge is 0.338 e. The molecule has 1 unspecified atom stereocenters. The minimum Gasteiger partial charge on any atom is -0.338 e. The van der Waals surface area contributed by atoms with E-state index in [4.69, 9.17) is 11.6 Å². The summed E-state index contributed by atoms with van der Waals surface area (Å²) in [5.41, 5.74) is 0.758. The van der Waals surface area contributed by atoms with E-state index in [9.17, 15) is 4.79 Å². The molecule has 0 spiro atoms. The summed E-state index contributed by atoms with van der Waals surface area (Å²) < 4.78 is 1.87. The minimum atomic E-state index is 0.121. The highest BCUT2D eigenvalue weighted by Gasteiger charge is 2.28. The molecule has 94 valence electrons. The molecule has 0 N–H and O–H groups in total. The van der Waals surface area contributed by atoms with Gasteiger partial charge in [-0.1, -0.05) is 0 Å². The molecule has 2 heterocycles. The lowest BCUT2D eigenvalue weighted by atomic mass is 10.1. The fourth-order valence-corrected chi connectivity index (χ4v) is 5.15. The average molecular weight is 402 g/mol. The maximum atomic E-state index is 12.3. The fraction of sp³-hybridized carbons (Fsp3) is 0.545. The van der Waals surface area contributed by atoms with E-state index in [1.807, 2.05) is 11.0 Å². The van der Waals surface area contributed by atoms with Gasteiger partial charge < -0.3 is 4.90 Å². The van der Waals surface area contributed by atoms with Gasteiger partial charge in [-0.2, -0.15) is 0 Å². The Labute approximate surface area is 127 Å². The van der Waals surface area contributed by atoms with Crippen LogP contribution in [0.15, 0.2) is 13.6 Å². The van der Waals surface area contributed by atoms with E-state index in [1.165, 1.54) is 11.3 Å². The Bertz CT molecular complexity index is 424. The smallest absolute Gasteiger partial charge is 0.255 e. The quantitative estimate of drug-likeness (QED) is 0.689. The third kappa shape index (κ3) is 3.25. The van der Waals surface area contributed by atoms with Gasteiger partial charge in [-0.25, -0.2) is 0 Å². The van der Waals surface area contributed by atoms with Gasteiger partial charge in [0.1, 0.15) is 0 Å². The number of nitrogens with zero attached hydrogens (tertiary/aromatic N) is 1. The molecule has 1 aromatic heterocycles. The van der Waals surface area contributed by atoms with Crippen LogP contribution in [0.2, 0.25) is 0 Å². The zero-order valence-electron chi connectivity index (χ0n) is 9.09. The highest BCUT2D eigenvalue weighted by atomic mass is 79.9. The van der Waals surface area contributed by atoms with Crippen LogP contribution in [0.4, 0.5) is 0 Å². The van der Waals surface area contributed by atoms with E-state index >= 15 is 0 Å². The monoisotopic (exact) mass is 399 g/mol. The molecule has 0 aliphatic carbocycles. The zero-order chi connectivity index (χ0) is 12.4. The maximum Gasteiger partial charge on any atom is 0.255 e. The van der Waals surface area contributed by atoms with Crippen LogP contribution in [0, 0.1) is 5.92 Å². The number of thiophene rings is 1. The summed E-state index contributed by atoms with van der Waals surface area (Å²) in [4.78, 5) is 14.2. The van der Waals surface area contributed by atoms with Crippen molar-refractivity contribution in [3.8, 4) is 0 Å². The predicted molar refractivity (Wildman–Crippen MR) is 79.1 cm³/mol. The second-order valence-electron chi connectivity index (χ2n) is 4.12. The van der Waals surface area contributed by atoms with Crippen molar-refractivity contribution < 1.29 is 4.79 Å². The summed E-state index contributed by atoms with van der Waals surface area (Å²) >= 11 is 14.1. The van der Waals surface area contributed by atoms with Gasteiger partial charge in [-0.3, -0.25) is 4.79 Å². The van der Waals surface area contributed by atoms with Crippen molar-refractivity contribution in [1.29, 1.82) is 0 Å². The molecule has 1 aliphatic heterocycles.